The highest BCUT2D eigenvalue weighted by Gasteiger charge is 2.45. The molecule has 2 amide bonds. The molecule has 0 unspecified atom stereocenters. The predicted molar refractivity (Wildman–Crippen MR) is 110 cm³/mol. The molecular formula is C20H20N4O7. The largest absolute Gasteiger partial charge is 0.497 e. The molecule has 0 aromatic heterocycles. The lowest BCUT2D eigenvalue weighted by atomic mass is 9.80. The minimum absolute atomic E-state index is 0.0715. The second-order valence-electron chi connectivity index (χ2n) is 7.34. The third-order valence-electron chi connectivity index (χ3n) is 5.43. The normalized spacial score (nSPS) is 17.3. The first kappa shape index (κ1) is 21.7. The van der Waals surface area contributed by atoms with Gasteiger partial charge in [0.1, 0.15) is 5.75 Å². The number of anilines is 1. The van der Waals surface area contributed by atoms with Crippen LogP contribution in [0.25, 0.3) is 0 Å². The van der Waals surface area contributed by atoms with Crippen LogP contribution in [0.2, 0.25) is 0 Å². The molecule has 1 aliphatic rings. The van der Waals surface area contributed by atoms with Crippen molar-refractivity contribution in [2.24, 2.45) is 0 Å². The van der Waals surface area contributed by atoms with Crippen molar-refractivity contribution in [3.63, 3.8) is 0 Å². The van der Waals surface area contributed by atoms with Gasteiger partial charge < -0.3 is 15.0 Å². The Labute approximate surface area is 176 Å². The summed E-state index contributed by atoms with van der Waals surface area (Å²) in [5, 5.41) is 24.6. The molecule has 2 aromatic carbocycles. The first-order valence-electron chi connectivity index (χ1n) is 9.27. The quantitative estimate of drug-likeness (QED) is 0.527. The summed E-state index contributed by atoms with van der Waals surface area (Å²) in [5.41, 5.74) is -0.725. The van der Waals surface area contributed by atoms with E-state index in [0.29, 0.717) is 5.75 Å². The molecule has 0 radical (unpaired) electrons. The van der Waals surface area contributed by atoms with Crippen LogP contribution in [0.4, 0.5) is 17.1 Å². The Morgan fingerprint density at radius 2 is 1.74 bits per heavy atom. The number of likely N-dealkylation sites (N-methyl/N-ethyl adjacent to an activating group) is 1. The zero-order valence-electron chi connectivity index (χ0n) is 17.1. The zero-order chi connectivity index (χ0) is 22.9. The van der Waals surface area contributed by atoms with Crippen LogP contribution in [-0.2, 0) is 10.2 Å². The van der Waals surface area contributed by atoms with Crippen LogP contribution in [-0.4, -0.2) is 42.4 Å². The van der Waals surface area contributed by atoms with Gasteiger partial charge in [-0.25, -0.2) is 0 Å². The van der Waals surface area contributed by atoms with E-state index in [1.54, 1.807) is 37.1 Å². The Kier molecular flexibility index (Phi) is 5.60. The fourth-order valence-corrected chi connectivity index (χ4v) is 3.68. The molecule has 0 saturated carbocycles. The number of hydrogen-bond donors (Lipinski definition) is 1. The minimum Gasteiger partial charge on any atom is -0.497 e. The average molecular weight is 428 g/mol. The van der Waals surface area contributed by atoms with E-state index in [9.17, 15) is 29.8 Å². The molecule has 0 fully saturated rings. The number of methoxy groups -OCH3 is 1. The molecule has 1 aliphatic heterocycles. The van der Waals surface area contributed by atoms with Gasteiger partial charge in [-0.15, -0.1) is 0 Å². The molecule has 0 bridgehead atoms. The number of carbonyl (C=O) groups is 2. The van der Waals surface area contributed by atoms with Crippen molar-refractivity contribution >= 4 is 28.9 Å². The van der Waals surface area contributed by atoms with Crippen molar-refractivity contribution in [2.45, 2.75) is 18.8 Å². The summed E-state index contributed by atoms with van der Waals surface area (Å²) in [6, 6.07) is 8.05. The lowest BCUT2D eigenvalue weighted by Gasteiger charge is -2.23. The Hall–Kier alpha value is -4.02. The fourth-order valence-electron chi connectivity index (χ4n) is 3.68. The second kappa shape index (κ2) is 8.01. The van der Waals surface area contributed by atoms with E-state index in [4.69, 9.17) is 4.74 Å². The molecule has 2 aromatic rings. The number of fused-ring (bicyclic) bond motifs is 1. The SMILES string of the molecule is COc1ccc2c(c1)[C@](C)(CCNC(=O)c1cc([N+](=O)[O-])cc([N+](=O)[O-])c1)C(=O)N2C. The van der Waals surface area contributed by atoms with E-state index < -0.39 is 32.5 Å². The number of rotatable bonds is 7. The van der Waals surface area contributed by atoms with E-state index in [0.717, 1.165) is 29.4 Å². The first-order valence-corrected chi connectivity index (χ1v) is 9.27. The molecule has 11 nitrogen and oxygen atoms in total. The number of carbonyl (C=O) groups excluding carboxylic acids is 2. The number of nitrogens with one attached hydrogen (secondary N) is 1. The van der Waals surface area contributed by atoms with Crippen molar-refractivity contribution in [1.29, 1.82) is 0 Å². The predicted octanol–water partition coefficient (Wildman–Crippen LogP) is 2.57. The third-order valence-corrected chi connectivity index (χ3v) is 5.43. The van der Waals surface area contributed by atoms with E-state index in [1.165, 1.54) is 7.11 Å². The average Bonchev–Trinajstić information content (AvgIpc) is 2.94. The summed E-state index contributed by atoms with van der Waals surface area (Å²) in [5.74, 6) is -0.253. The van der Waals surface area contributed by atoms with Crippen molar-refractivity contribution in [2.75, 3.05) is 25.6 Å². The Balaban J connectivity index is 1.79. The second-order valence-corrected chi connectivity index (χ2v) is 7.34. The number of hydrogen-bond acceptors (Lipinski definition) is 7. The molecule has 1 N–H and O–H groups in total. The van der Waals surface area contributed by atoms with Gasteiger partial charge in [0, 0.05) is 31.4 Å². The summed E-state index contributed by atoms with van der Waals surface area (Å²) < 4.78 is 5.26. The van der Waals surface area contributed by atoms with Crippen LogP contribution < -0.4 is 15.0 Å². The van der Waals surface area contributed by atoms with E-state index in [1.807, 2.05) is 0 Å². The maximum Gasteiger partial charge on any atom is 0.277 e. The summed E-state index contributed by atoms with van der Waals surface area (Å²) >= 11 is 0. The smallest absolute Gasteiger partial charge is 0.277 e. The van der Waals surface area contributed by atoms with Crippen LogP contribution in [0.1, 0.15) is 29.3 Å². The van der Waals surface area contributed by atoms with Gasteiger partial charge in [0.2, 0.25) is 5.91 Å². The fraction of sp³-hybridized carbons (Fsp3) is 0.300. The van der Waals surface area contributed by atoms with Crippen molar-refractivity contribution < 1.29 is 24.2 Å². The molecular weight excluding hydrogens is 408 g/mol. The highest BCUT2D eigenvalue weighted by atomic mass is 16.6. The molecule has 11 heteroatoms. The lowest BCUT2D eigenvalue weighted by Crippen LogP contribution is -2.39. The number of amides is 2. The lowest BCUT2D eigenvalue weighted by molar-refractivity contribution is -0.394. The van der Waals surface area contributed by atoms with E-state index in [-0.39, 0.29) is 24.4 Å². The van der Waals surface area contributed by atoms with Gasteiger partial charge in [-0.1, -0.05) is 0 Å². The molecule has 0 saturated heterocycles. The van der Waals surface area contributed by atoms with Gasteiger partial charge in [0.25, 0.3) is 17.3 Å². The van der Waals surface area contributed by atoms with Gasteiger partial charge in [0.05, 0.1) is 34.0 Å². The van der Waals surface area contributed by atoms with E-state index >= 15 is 0 Å². The van der Waals surface area contributed by atoms with Gasteiger partial charge in [0.15, 0.2) is 0 Å². The Bertz CT molecular complexity index is 1070. The van der Waals surface area contributed by atoms with Gasteiger partial charge in [-0.2, -0.15) is 0 Å². The molecule has 1 heterocycles. The maximum absolute atomic E-state index is 12.9. The molecule has 0 aliphatic carbocycles. The zero-order valence-corrected chi connectivity index (χ0v) is 17.1. The summed E-state index contributed by atoms with van der Waals surface area (Å²) in [7, 11) is 3.19. The van der Waals surface area contributed by atoms with Gasteiger partial charge >= 0.3 is 0 Å². The number of nitro benzene ring substituents is 2. The summed E-state index contributed by atoms with van der Waals surface area (Å²) in [6.45, 7) is 1.84. The summed E-state index contributed by atoms with van der Waals surface area (Å²) in [4.78, 5) is 47.4. The van der Waals surface area contributed by atoms with Gasteiger partial charge in [-0.05, 0) is 37.1 Å². The number of nitrogens with zero attached hydrogens (tertiary/aromatic N) is 3. The van der Waals surface area contributed by atoms with Crippen LogP contribution >= 0.6 is 0 Å². The molecule has 31 heavy (non-hydrogen) atoms. The first-order chi connectivity index (χ1) is 14.6. The minimum atomic E-state index is -0.916. The van der Waals surface area contributed by atoms with Crippen molar-refractivity contribution in [3.8, 4) is 5.75 Å². The highest BCUT2D eigenvalue weighted by molar-refractivity contribution is 6.07. The number of non-ortho nitro benzene ring substituents is 2. The highest BCUT2D eigenvalue weighted by Crippen LogP contribution is 2.44. The van der Waals surface area contributed by atoms with E-state index in [2.05, 4.69) is 5.32 Å². The van der Waals surface area contributed by atoms with Gasteiger partial charge in [-0.3, -0.25) is 29.8 Å². The molecule has 162 valence electrons. The maximum atomic E-state index is 12.9. The van der Waals surface area contributed by atoms with Crippen LogP contribution in [0.15, 0.2) is 36.4 Å². The molecule has 0 spiro atoms. The van der Waals surface area contributed by atoms with Crippen LogP contribution in [0.5, 0.6) is 5.75 Å². The Morgan fingerprint density at radius 3 is 2.29 bits per heavy atom. The third kappa shape index (κ3) is 3.89. The standard InChI is InChI=1S/C20H20N4O7/c1-20(16-11-15(31-3)4-5-17(16)22(2)19(20)26)6-7-21-18(25)12-8-13(23(27)28)10-14(9-12)24(29)30/h4-5,8-11H,6-7H2,1-3H3,(H,21,25)/t20-/m0/s1. The topological polar surface area (TPSA) is 145 Å². The van der Waals surface area contributed by atoms with Crippen molar-refractivity contribution in [1.82, 2.24) is 5.32 Å². The van der Waals surface area contributed by atoms with Crippen LogP contribution in [0, 0.1) is 20.2 Å². The Morgan fingerprint density at radius 1 is 1.13 bits per heavy atom. The van der Waals surface area contributed by atoms with Crippen LogP contribution in [0.3, 0.4) is 0 Å². The monoisotopic (exact) mass is 428 g/mol. The molecule has 3 rings (SSSR count). The molecule has 1 atom stereocenters. The number of ether oxygens (including phenoxy) is 1. The summed E-state index contributed by atoms with van der Waals surface area (Å²) in [6.07, 6.45) is 0.249. The van der Waals surface area contributed by atoms with Crippen molar-refractivity contribution in [3.05, 3.63) is 67.8 Å². The number of nitro groups is 2. The number of benzene rings is 2.